The molecule has 4 nitrogen and oxygen atoms in total. The van der Waals surface area contributed by atoms with Crippen molar-refractivity contribution >= 4 is 21.6 Å². The Morgan fingerprint density at radius 1 is 0.595 bits per heavy atom. The van der Waals surface area contributed by atoms with E-state index in [-0.39, 0.29) is 34.9 Å². The lowest BCUT2D eigenvalue weighted by Crippen LogP contribution is -2.19. The van der Waals surface area contributed by atoms with Crippen molar-refractivity contribution < 1.29 is 18.6 Å². The van der Waals surface area contributed by atoms with Crippen molar-refractivity contribution in [3.8, 4) is 0 Å². The van der Waals surface area contributed by atoms with Gasteiger partial charge in [-0.3, -0.25) is 0 Å². The molecule has 37 heavy (non-hydrogen) atoms. The summed E-state index contributed by atoms with van der Waals surface area (Å²) >= 11 is 0. The van der Waals surface area contributed by atoms with Gasteiger partial charge in [0.15, 0.2) is 0 Å². The van der Waals surface area contributed by atoms with E-state index in [0.29, 0.717) is 0 Å². The molecule has 2 heterocycles. The Morgan fingerprint density at radius 3 is 1.14 bits per heavy atom. The number of hydrogen-bond acceptors (Lipinski definition) is 4. The molecule has 0 aliphatic carbocycles. The molecule has 0 saturated carbocycles. The van der Waals surface area contributed by atoms with Crippen LogP contribution in [-0.2, 0) is 21.6 Å². The maximum atomic E-state index is 13.4. The summed E-state index contributed by atoms with van der Waals surface area (Å²) in [6.07, 6.45) is 16.2. The minimum atomic E-state index is -1.11. The fourth-order valence-electron chi connectivity index (χ4n) is 5.03. The molecule has 2 atom stereocenters. The standard InChI is InChI=1S/C31H52O4S2/c1-28(2,22-32)16-10-14-26-20-30(5,6)18-24(36(26)34)12-9-13-25-19-31(7,8)21-27(37(25)35)15-11-17-29(3,4)23-33/h18-21,32-33H,9-17,22-23H2,1-8H3. The van der Waals surface area contributed by atoms with E-state index in [0.717, 1.165) is 77.4 Å². The average molecular weight is 553 g/mol. The molecule has 212 valence electrons. The molecule has 6 heteroatoms. The highest BCUT2D eigenvalue weighted by atomic mass is 32.2. The summed E-state index contributed by atoms with van der Waals surface area (Å²) in [6.45, 7) is 17.2. The monoisotopic (exact) mass is 552 g/mol. The van der Waals surface area contributed by atoms with Gasteiger partial charge in [-0.15, -0.1) is 0 Å². The Hall–Kier alpha value is -0.820. The predicted molar refractivity (Wildman–Crippen MR) is 159 cm³/mol. The maximum absolute atomic E-state index is 13.4. The third kappa shape index (κ3) is 10.3. The van der Waals surface area contributed by atoms with Crippen molar-refractivity contribution in [3.63, 3.8) is 0 Å². The fraction of sp³-hybridized carbons (Fsp3) is 0.742. The number of aliphatic hydroxyl groups is 2. The quantitative estimate of drug-likeness (QED) is 0.232. The van der Waals surface area contributed by atoms with Crippen molar-refractivity contribution in [2.45, 2.75) is 113 Å². The Balaban J connectivity index is 1.98. The van der Waals surface area contributed by atoms with Crippen molar-refractivity contribution in [1.82, 2.24) is 0 Å². The zero-order valence-corrected chi connectivity index (χ0v) is 26.2. The summed E-state index contributed by atoms with van der Waals surface area (Å²) in [6, 6.07) is 0. The molecule has 0 aromatic heterocycles. The van der Waals surface area contributed by atoms with Crippen LogP contribution in [-0.4, -0.2) is 31.8 Å². The highest BCUT2D eigenvalue weighted by Gasteiger charge is 2.29. The summed E-state index contributed by atoms with van der Waals surface area (Å²) < 4.78 is 26.8. The first-order valence-electron chi connectivity index (χ1n) is 13.9. The van der Waals surface area contributed by atoms with E-state index >= 15 is 0 Å². The fourth-order valence-corrected chi connectivity index (χ4v) is 8.67. The number of allylic oxidation sites excluding steroid dienone is 8. The molecule has 0 radical (unpaired) electrons. The van der Waals surface area contributed by atoms with Crippen LogP contribution in [0.1, 0.15) is 113 Å². The summed E-state index contributed by atoms with van der Waals surface area (Å²) in [5.74, 6) is 0. The molecule has 0 spiro atoms. The first kappa shape index (κ1) is 32.4. The second kappa shape index (κ2) is 13.0. The number of rotatable bonds is 14. The molecule has 0 aromatic rings. The highest BCUT2D eigenvalue weighted by Crippen LogP contribution is 2.39. The minimum Gasteiger partial charge on any atom is -0.396 e. The van der Waals surface area contributed by atoms with Gasteiger partial charge in [-0.2, -0.15) is 0 Å². The van der Waals surface area contributed by atoms with Crippen molar-refractivity contribution in [2.75, 3.05) is 13.2 Å². The topological polar surface area (TPSA) is 74.6 Å². The van der Waals surface area contributed by atoms with E-state index < -0.39 is 21.6 Å². The largest absolute Gasteiger partial charge is 0.396 e. The van der Waals surface area contributed by atoms with Gasteiger partial charge in [-0.25, -0.2) is 8.42 Å². The lowest BCUT2D eigenvalue weighted by Gasteiger charge is -2.28. The summed E-state index contributed by atoms with van der Waals surface area (Å²) in [4.78, 5) is 4.00. The molecule has 0 fully saturated rings. The summed E-state index contributed by atoms with van der Waals surface area (Å²) in [5.41, 5.74) is -0.467. The Labute approximate surface area is 231 Å². The molecule has 2 aliphatic heterocycles. The van der Waals surface area contributed by atoms with Crippen LogP contribution < -0.4 is 0 Å². The molecular weight excluding hydrogens is 500 g/mol. The van der Waals surface area contributed by atoms with Crippen LogP contribution in [0.15, 0.2) is 43.9 Å². The van der Waals surface area contributed by atoms with Crippen LogP contribution in [0.2, 0.25) is 0 Å². The second-order valence-electron chi connectivity index (χ2n) is 13.8. The van der Waals surface area contributed by atoms with Gasteiger partial charge in [-0.1, -0.05) is 79.7 Å². The van der Waals surface area contributed by atoms with Crippen molar-refractivity contribution in [1.29, 1.82) is 0 Å². The number of hydrogen-bond donors (Lipinski definition) is 2. The Bertz CT molecular complexity index is 899. The third-order valence-electron chi connectivity index (χ3n) is 7.34. The Kier molecular flexibility index (Phi) is 11.4. The van der Waals surface area contributed by atoms with Crippen LogP contribution in [0.4, 0.5) is 0 Å². The minimum absolute atomic E-state index is 0.107. The van der Waals surface area contributed by atoms with Gasteiger partial charge < -0.3 is 10.2 Å². The van der Waals surface area contributed by atoms with E-state index in [2.05, 4.69) is 79.7 Å². The molecular formula is C31H52O4S2. The third-order valence-corrected chi connectivity index (χ3v) is 10.5. The van der Waals surface area contributed by atoms with Gasteiger partial charge in [0.05, 0.1) is 21.6 Å². The molecule has 2 rings (SSSR count). The van der Waals surface area contributed by atoms with E-state index in [9.17, 15) is 18.6 Å². The van der Waals surface area contributed by atoms with Crippen molar-refractivity contribution in [3.05, 3.63) is 43.9 Å². The molecule has 2 unspecified atom stereocenters. The maximum Gasteiger partial charge on any atom is 0.0761 e. The van der Waals surface area contributed by atoms with Crippen LogP contribution >= 0.6 is 0 Å². The van der Waals surface area contributed by atoms with Gasteiger partial charge in [-0.05, 0) is 68.6 Å². The van der Waals surface area contributed by atoms with Gasteiger partial charge in [0.1, 0.15) is 0 Å². The Morgan fingerprint density at radius 2 is 0.865 bits per heavy atom. The summed E-state index contributed by atoms with van der Waals surface area (Å²) in [5, 5.41) is 19.1. The molecule has 0 aromatic carbocycles. The van der Waals surface area contributed by atoms with Crippen molar-refractivity contribution in [2.24, 2.45) is 21.7 Å². The first-order chi connectivity index (χ1) is 17.0. The highest BCUT2D eigenvalue weighted by molar-refractivity contribution is 7.93. The lowest BCUT2D eigenvalue weighted by molar-refractivity contribution is 0.148. The second-order valence-corrected chi connectivity index (χ2v) is 17.0. The lowest BCUT2D eigenvalue weighted by atomic mass is 9.87. The van der Waals surface area contributed by atoms with Gasteiger partial charge in [0.2, 0.25) is 0 Å². The van der Waals surface area contributed by atoms with Crippen LogP contribution in [0.3, 0.4) is 0 Å². The molecule has 0 bridgehead atoms. The SMILES string of the molecule is CC1(C)C=C(CCCC2=CC(C)(C)C=C(CCCC(C)(C)CO)S2=O)S(=O)C(CCCC(C)(C)CO)=C1. The van der Waals surface area contributed by atoms with E-state index in [1.807, 2.05) is 0 Å². The first-order valence-corrected chi connectivity index (χ1v) is 16.2. The zero-order valence-electron chi connectivity index (χ0n) is 24.6. The van der Waals surface area contributed by atoms with Crippen LogP contribution in [0.5, 0.6) is 0 Å². The van der Waals surface area contributed by atoms with E-state index in [1.54, 1.807) is 0 Å². The van der Waals surface area contributed by atoms with E-state index in [4.69, 9.17) is 0 Å². The van der Waals surface area contributed by atoms with Gasteiger partial charge in [0.25, 0.3) is 0 Å². The summed E-state index contributed by atoms with van der Waals surface area (Å²) in [7, 11) is -2.22. The van der Waals surface area contributed by atoms with Gasteiger partial charge >= 0.3 is 0 Å². The average Bonchev–Trinajstić information content (AvgIpc) is 2.78. The molecule has 2 N–H and O–H groups in total. The number of aliphatic hydroxyl groups excluding tert-OH is 2. The normalized spacial score (nSPS) is 23.7. The van der Waals surface area contributed by atoms with Crippen LogP contribution in [0.25, 0.3) is 0 Å². The molecule has 0 amide bonds. The molecule has 2 aliphatic rings. The van der Waals surface area contributed by atoms with E-state index in [1.165, 1.54) is 0 Å². The zero-order chi connectivity index (χ0) is 28.1. The van der Waals surface area contributed by atoms with Gasteiger partial charge in [0, 0.05) is 43.7 Å². The van der Waals surface area contributed by atoms with Crippen LogP contribution in [0, 0.1) is 21.7 Å². The predicted octanol–water partition coefficient (Wildman–Crippen LogP) is 7.65. The molecule has 0 saturated heterocycles. The smallest absolute Gasteiger partial charge is 0.0761 e.